The third-order valence-corrected chi connectivity index (χ3v) is 3.05. The summed E-state index contributed by atoms with van der Waals surface area (Å²) in [7, 11) is 0. The summed E-state index contributed by atoms with van der Waals surface area (Å²) in [6.07, 6.45) is 1.64. The quantitative estimate of drug-likeness (QED) is 0.507. The van der Waals surface area contributed by atoms with Crippen LogP contribution in [0.4, 0.5) is 11.6 Å². The molecular weight excluding hydrogens is 246 g/mol. The molecule has 7 heteroatoms. The Morgan fingerprint density at radius 2 is 2.42 bits per heavy atom. The second-order valence-corrected chi connectivity index (χ2v) is 4.54. The van der Waals surface area contributed by atoms with Gasteiger partial charge in [0.05, 0.1) is 19.3 Å². The van der Waals surface area contributed by atoms with Crippen LogP contribution in [0, 0.1) is 0 Å². The van der Waals surface area contributed by atoms with E-state index in [0.717, 1.165) is 31.0 Å². The minimum absolute atomic E-state index is 0.0192. The van der Waals surface area contributed by atoms with Gasteiger partial charge in [0, 0.05) is 25.6 Å². The van der Waals surface area contributed by atoms with Gasteiger partial charge in [0.2, 0.25) is 0 Å². The summed E-state index contributed by atoms with van der Waals surface area (Å²) in [6, 6.07) is 1.82. The van der Waals surface area contributed by atoms with E-state index < -0.39 is 0 Å². The van der Waals surface area contributed by atoms with E-state index >= 15 is 0 Å². The molecule has 0 aliphatic carbocycles. The van der Waals surface area contributed by atoms with E-state index in [0.29, 0.717) is 19.0 Å². The zero-order valence-electron chi connectivity index (χ0n) is 11.2. The number of morpholine rings is 1. The van der Waals surface area contributed by atoms with Crippen LogP contribution in [-0.2, 0) is 11.2 Å². The average Bonchev–Trinajstić information content (AvgIpc) is 2.47. The molecule has 1 unspecified atom stereocenters. The monoisotopic (exact) mass is 267 g/mol. The SMILES string of the molecule is CCCc1nc(NN)cc(N2CCOC(CO)C2)n1. The lowest BCUT2D eigenvalue weighted by Gasteiger charge is -2.33. The molecule has 4 N–H and O–H groups in total. The van der Waals surface area contributed by atoms with Crippen LogP contribution >= 0.6 is 0 Å². The molecule has 1 atom stereocenters. The molecule has 106 valence electrons. The minimum atomic E-state index is -0.160. The molecule has 19 heavy (non-hydrogen) atoms. The number of nitrogens with one attached hydrogen (secondary N) is 1. The predicted molar refractivity (Wildman–Crippen MR) is 72.9 cm³/mol. The Balaban J connectivity index is 2.19. The molecule has 1 aromatic heterocycles. The van der Waals surface area contributed by atoms with Crippen LogP contribution in [0.25, 0.3) is 0 Å². The van der Waals surface area contributed by atoms with Crippen LogP contribution in [0.3, 0.4) is 0 Å². The number of hydrazine groups is 1. The highest BCUT2D eigenvalue weighted by Gasteiger charge is 2.21. The number of ether oxygens (including phenoxy) is 1. The van der Waals surface area contributed by atoms with Crippen molar-refractivity contribution in [1.29, 1.82) is 0 Å². The highest BCUT2D eigenvalue weighted by molar-refractivity contribution is 5.49. The Bertz CT molecular complexity index is 415. The Kier molecular flexibility index (Phi) is 4.89. The van der Waals surface area contributed by atoms with Crippen molar-refractivity contribution in [2.75, 3.05) is 36.6 Å². The number of aromatic nitrogens is 2. The van der Waals surface area contributed by atoms with Crippen molar-refractivity contribution >= 4 is 11.6 Å². The van der Waals surface area contributed by atoms with Crippen molar-refractivity contribution in [3.63, 3.8) is 0 Å². The van der Waals surface area contributed by atoms with Gasteiger partial charge in [-0.3, -0.25) is 0 Å². The van der Waals surface area contributed by atoms with Crippen LogP contribution in [-0.4, -0.2) is 47.5 Å². The van der Waals surface area contributed by atoms with Gasteiger partial charge >= 0.3 is 0 Å². The number of aryl methyl sites for hydroxylation is 1. The molecule has 0 amide bonds. The second-order valence-electron chi connectivity index (χ2n) is 4.54. The molecule has 0 radical (unpaired) electrons. The molecule has 1 aromatic rings. The fourth-order valence-corrected chi connectivity index (χ4v) is 2.09. The zero-order valence-corrected chi connectivity index (χ0v) is 11.2. The third kappa shape index (κ3) is 3.52. The molecule has 7 nitrogen and oxygen atoms in total. The van der Waals surface area contributed by atoms with Crippen LogP contribution < -0.4 is 16.2 Å². The molecule has 2 heterocycles. The maximum absolute atomic E-state index is 9.18. The summed E-state index contributed by atoms with van der Waals surface area (Å²) in [4.78, 5) is 11.0. The van der Waals surface area contributed by atoms with Crippen molar-refractivity contribution in [2.24, 2.45) is 5.84 Å². The fourth-order valence-electron chi connectivity index (χ4n) is 2.09. The van der Waals surface area contributed by atoms with Gasteiger partial charge in [-0.2, -0.15) is 0 Å². The van der Waals surface area contributed by atoms with Gasteiger partial charge in [0.25, 0.3) is 0 Å². The maximum Gasteiger partial charge on any atom is 0.145 e. The first kappa shape index (κ1) is 14.0. The normalized spacial score (nSPS) is 19.5. The van der Waals surface area contributed by atoms with Gasteiger partial charge < -0.3 is 20.2 Å². The molecule has 1 fully saturated rings. The van der Waals surface area contributed by atoms with Gasteiger partial charge in [0.15, 0.2) is 0 Å². The largest absolute Gasteiger partial charge is 0.394 e. The summed E-state index contributed by atoms with van der Waals surface area (Å²) in [5, 5.41) is 9.18. The lowest BCUT2D eigenvalue weighted by molar-refractivity contribution is 0.00335. The molecule has 0 aromatic carbocycles. The summed E-state index contributed by atoms with van der Waals surface area (Å²) >= 11 is 0. The minimum Gasteiger partial charge on any atom is -0.394 e. The number of nitrogens with two attached hydrogens (primary N) is 1. The van der Waals surface area contributed by atoms with Crippen molar-refractivity contribution in [1.82, 2.24) is 9.97 Å². The van der Waals surface area contributed by atoms with Gasteiger partial charge in [-0.15, -0.1) is 0 Å². The Labute approximate surface area is 112 Å². The summed E-state index contributed by atoms with van der Waals surface area (Å²) in [6.45, 7) is 4.07. The molecule has 0 bridgehead atoms. The van der Waals surface area contributed by atoms with E-state index in [1.165, 1.54) is 0 Å². The van der Waals surface area contributed by atoms with Gasteiger partial charge in [0.1, 0.15) is 17.5 Å². The first-order valence-corrected chi connectivity index (χ1v) is 6.58. The number of aliphatic hydroxyl groups excluding tert-OH is 1. The lowest BCUT2D eigenvalue weighted by atomic mass is 10.2. The molecule has 1 aliphatic rings. The van der Waals surface area contributed by atoms with Crippen LogP contribution in [0.5, 0.6) is 0 Å². The molecule has 0 spiro atoms. The van der Waals surface area contributed by atoms with Crippen molar-refractivity contribution < 1.29 is 9.84 Å². The van der Waals surface area contributed by atoms with Gasteiger partial charge in [-0.05, 0) is 6.42 Å². The number of nitrogens with zero attached hydrogens (tertiary/aromatic N) is 3. The number of hydrogen-bond donors (Lipinski definition) is 3. The third-order valence-electron chi connectivity index (χ3n) is 3.05. The summed E-state index contributed by atoms with van der Waals surface area (Å²) in [5.74, 6) is 7.66. The fraction of sp³-hybridized carbons (Fsp3) is 0.667. The van der Waals surface area contributed by atoms with Crippen LogP contribution in [0.15, 0.2) is 6.07 Å². The number of aliphatic hydroxyl groups is 1. The highest BCUT2D eigenvalue weighted by atomic mass is 16.5. The van der Waals surface area contributed by atoms with Crippen molar-refractivity contribution in [3.8, 4) is 0 Å². The topological polar surface area (TPSA) is 96.5 Å². The van der Waals surface area contributed by atoms with Crippen LogP contribution in [0.1, 0.15) is 19.2 Å². The Morgan fingerprint density at radius 3 is 3.11 bits per heavy atom. The van der Waals surface area contributed by atoms with Gasteiger partial charge in [-0.25, -0.2) is 15.8 Å². The van der Waals surface area contributed by atoms with E-state index in [9.17, 15) is 5.11 Å². The number of anilines is 2. The number of hydrogen-bond acceptors (Lipinski definition) is 7. The average molecular weight is 267 g/mol. The smallest absolute Gasteiger partial charge is 0.145 e. The molecule has 1 saturated heterocycles. The van der Waals surface area contributed by atoms with E-state index in [1.54, 1.807) is 0 Å². The number of nitrogen functional groups attached to an aromatic ring is 1. The zero-order chi connectivity index (χ0) is 13.7. The summed E-state index contributed by atoms with van der Waals surface area (Å²) < 4.78 is 5.44. The van der Waals surface area contributed by atoms with E-state index in [1.807, 2.05) is 6.07 Å². The maximum atomic E-state index is 9.18. The lowest BCUT2D eigenvalue weighted by Crippen LogP contribution is -2.44. The van der Waals surface area contributed by atoms with Gasteiger partial charge in [-0.1, -0.05) is 6.92 Å². The molecular formula is C12H21N5O2. The molecule has 2 rings (SSSR count). The van der Waals surface area contributed by atoms with E-state index in [4.69, 9.17) is 10.6 Å². The Hall–Kier alpha value is -1.44. The Morgan fingerprint density at radius 1 is 1.58 bits per heavy atom. The van der Waals surface area contributed by atoms with Crippen LogP contribution in [0.2, 0.25) is 0 Å². The van der Waals surface area contributed by atoms with Crippen molar-refractivity contribution in [3.05, 3.63) is 11.9 Å². The summed E-state index contributed by atoms with van der Waals surface area (Å²) in [5.41, 5.74) is 2.57. The standard InChI is InChI=1S/C12H21N5O2/c1-2-3-10-14-11(16-13)6-12(15-10)17-4-5-19-9(7-17)8-18/h6,9,18H,2-5,7-8,13H2,1H3,(H,14,15,16). The predicted octanol–water partition coefficient (Wildman–Crippen LogP) is -0.0878. The van der Waals surface area contributed by atoms with E-state index in [-0.39, 0.29) is 12.7 Å². The first-order valence-electron chi connectivity index (χ1n) is 6.58. The molecule has 1 aliphatic heterocycles. The van der Waals surface area contributed by atoms with E-state index in [2.05, 4.69) is 27.2 Å². The highest BCUT2D eigenvalue weighted by Crippen LogP contribution is 2.19. The second kappa shape index (κ2) is 6.65. The first-order chi connectivity index (χ1) is 9.26. The number of rotatable bonds is 5. The van der Waals surface area contributed by atoms with Crippen molar-refractivity contribution in [2.45, 2.75) is 25.9 Å². The molecule has 0 saturated carbocycles.